The molecule has 1 fully saturated rings. The molecule has 0 spiro atoms. The molecule has 1 heterocycles. The van der Waals surface area contributed by atoms with Crippen molar-refractivity contribution in [3.8, 4) is 17.2 Å². The van der Waals surface area contributed by atoms with Crippen LogP contribution in [0.25, 0.3) is 0 Å². The van der Waals surface area contributed by atoms with Crippen molar-refractivity contribution in [1.82, 2.24) is 5.32 Å². The molecule has 1 aliphatic carbocycles. The lowest BCUT2D eigenvalue weighted by Crippen LogP contribution is -2.29. The number of rotatable bonds is 5. The second kappa shape index (κ2) is 5.52. The second-order valence-corrected chi connectivity index (χ2v) is 6.15. The summed E-state index contributed by atoms with van der Waals surface area (Å²) in [6, 6.07) is 4.06. The first-order chi connectivity index (χ1) is 9.70. The summed E-state index contributed by atoms with van der Waals surface area (Å²) in [6.45, 7) is 4.57. The van der Waals surface area contributed by atoms with Crippen molar-refractivity contribution >= 4 is 0 Å². The van der Waals surface area contributed by atoms with Gasteiger partial charge in [-0.15, -0.1) is 0 Å². The van der Waals surface area contributed by atoms with Gasteiger partial charge in [-0.05, 0) is 36.0 Å². The average molecular weight is 277 g/mol. The third-order valence-corrected chi connectivity index (χ3v) is 4.41. The first kappa shape index (κ1) is 13.6. The highest BCUT2D eigenvalue weighted by Crippen LogP contribution is 2.42. The van der Waals surface area contributed by atoms with Crippen molar-refractivity contribution in [2.45, 2.75) is 39.2 Å². The zero-order valence-corrected chi connectivity index (χ0v) is 12.3. The molecule has 0 radical (unpaired) electrons. The first-order valence-corrected chi connectivity index (χ1v) is 7.37. The fourth-order valence-corrected chi connectivity index (χ4v) is 3.20. The standard InChI is InChI=1S/C16H23NO3/c1-16(5-3-4-6-16)10-17-9-12-7-13(18-2)15-14(8-12)19-11-20-15/h7-8,17H,3-6,9-11H2,1-2H3. The highest BCUT2D eigenvalue weighted by Gasteiger charge is 2.28. The Morgan fingerprint density at radius 2 is 2.05 bits per heavy atom. The van der Waals surface area contributed by atoms with Crippen LogP contribution in [0.5, 0.6) is 17.2 Å². The zero-order valence-electron chi connectivity index (χ0n) is 12.3. The Morgan fingerprint density at radius 3 is 2.80 bits per heavy atom. The third kappa shape index (κ3) is 2.70. The highest BCUT2D eigenvalue weighted by molar-refractivity contribution is 5.55. The largest absolute Gasteiger partial charge is 0.493 e. The van der Waals surface area contributed by atoms with Crippen molar-refractivity contribution in [3.63, 3.8) is 0 Å². The molecular formula is C16H23NO3. The van der Waals surface area contributed by atoms with Gasteiger partial charge in [0.2, 0.25) is 12.5 Å². The minimum absolute atomic E-state index is 0.278. The molecule has 1 saturated carbocycles. The minimum Gasteiger partial charge on any atom is -0.493 e. The lowest BCUT2D eigenvalue weighted by Gasteiger charge is -2.23. The number of hydrogen-bond acceptors (Lipinski definition) is 4. The fourth-order valence-electron chi connectivity index (χ4n) is 3.20. The topological polar surface area (TPSA) is 39.7 Å². The molecule has 1 aromatic carbocycles. The maximum Gasteiger partial charge on any atom is 0.231 e. The maximum absolute atomic E-state index is 5.45. The predicted octanol–water partition coefficient (Wildman–Crippen LogP) is 3.09. The Morgan fingerprint density at radius 1 is 1.25 bits per heavy atom. The highest BCUT2D eigenvalue weighted by atomic mass is 16.7. The molecule has 0 atom stereocenters. The summed E-state index contributed by atoms with van der Waals surface area (Å²) >= 11 is 0. The van der Waals surface area contributed by atoms with Gasteiger partial charge in [0, 0.05) is 13.1 Å². The quantitative estimate of drug-likeness (QED) is 0.897. The number of ether oxygens (including phenoxy) is 3. The Kier molecular flexibility index (Phi) is 3.74. The summed E-state index contributed by atoms with van der Waals surface area (Å²) in [7, 11) is 1.66. The lowest BCUT2D eigenvalue weighted by molar-refractivity contribution is 0.171. The van der Waals surface area contributed by atoms with Crippen LogP contribution in [-0.2, 0) is 6.54 Å². The molecule has 20 heavy (non-hydrogen) atoms. The van der Waals surface area contributed by atoms with Gasteiger partial charge in [-0.25, -0.2) is 0 Å². The van der Waals surface area contributed by atoms with Gasteiger partial charge in [-0.2, -0.15) is 0 Å². The third-order valence-electron chi connectivity index (χ3n) is 4.41. The van der Waals surface area contributed by atoms with Crippen LogP contribution in [0.4, 0.5) is 0 Å². The van der Waals surface area contributed by atoms with Crippen molar-refractivity contribution < 1.29 is 14.2 Å². The van der Waals surface area contributed by atoms with Crippen LogP contribution in [0, 0.1) is 5.41 Å². The lowest BCUT2D eigenvalue weighted by atomic mass is 9.89. The zero-order chi connectivity index (χ0) is 14.0. The molecule has 0 saturated heterocycles. The smallest absolute Gasteiger partial charge is 0.231 e. The molecule has 1 N–H and O–H groups in total. The Labute approximate surface area is 120 Å². The molecule has 4 heteroatoms. The average Bonchev–Trinajstić information content (AvgIpc) is 3.07. The minimum atomic E-state index is 0.278. The van der Waals surface area contributed by atoms with Crippen LogP contribution >= 0.6 is 0 Å². The number of benzene rings is 1. The van der Waals surface area contributed by atoms with E-state index in [2.05, 4.69) is 12.2 Å². The molecule has 4 nitrogen and oxygen atoms in total. The van der Waals surface area contributed by atoms with Gasteiger partial charge in [0.1, 0.15) is 0 Å². The number of hydrogen-bond donors (Lipinski definition) is 1. The van der Waals surface area contributed by atoms with Gasteiger partial charge in [-0.3, -0.25) is 0 Å². The maximum atomic E-state index is 5.45. The summed E-state index contributed by atoms with van der Waals surface area (Å²) < 4.78 is 16.2. The van der Waals surface area contributed by atoms with Crippen LogP contribution in [-0.4, -0.2) is 20.4 Å². The van der Waals surface area contributed by atoms with Crippen molar-refractivity contribution in [2.24, 2.45) is 5.41 Å². The van der Waals surface area contributed by atoms with E-state index in [0.29, 0.717) is 5.41 Å². The van der Waals surface area contributed by atoms with Crippen LogP contribution < -0.4 is 19.5 Å². The second-order valence-electron chi connectivity index (χ2n) is 6.15. The molecule has 2 aliphatic rings. The normalized spacial score (nSPS) is 19.3. The Bertz CT molecular complexity index is 481. The summed E-state index contributed by atoms with van der Waals surface area (Å²) in [6.07, 6.45) is 5.42. The van der Waals surface area contributed by atoms with Crippen molar-refractivity contribution in [2.75, 3.05) is 20.4 Å². The van der Waals surface area contributed by atoms with Gasteiger partial charge in [0.25, 0.3) is 0 Å². The summed E-state index contributed by atoms with van der Waals surface area (Å²) in [4.78, 5) is 0. The van der Waals surface area contributed by atoms with Gasteiger partial charge < -0.3 is 19.5 Å². The molecule has 0 bridgehead atoms. The number of fused-ring (bicyclic) bond motifs is 1. The Balaban J connectivity index is 1.63. The van der Waals surface area contributed by atoms with E-state index >= 15 is 0 Å². The van der Waals surface area contributed by atoms with Crippen LogP contribution in [0.15, 0.2) is 12.1 Å². The van der Waals surface area contributed by atoms with Crippen molar-refractivity contribution in [3.05, 3.63) is 17.7 Å². The van der Waals surface area contributed by atoms with Gasteiger partial charge in [0.05, 0.1) is 7.11 Å². The van der Waals surface area contributed by atoms with E-state index < -0.39 is 0 Å². The van der Waals surface area contributed by atoms with Crippen LogP contribution in [0.3, 0.4) is 0 Å². The first-order valence-electron chi connectivity index (χ1n) is 7.37. The molecule has 1 aromatic rings. The van der Waals surface area contributed by atoms with Crippen molar-refractivity contribution in [1.29, 1.82) is 0 Å². The monoisotopic (exact) mass is 277 g/mol. The van der Waals surface area contributed by atoms with E-state index in [9.17, 15) is 0 Å². The SMILES string of the molecule is COc1cc(CNCC2(C)CCCC2)cc2c1OCO2. The number of nitrogens with one attached hydrogen (secondary N) is 1. The van der Waals surface area contributed by atoms with E-state index in [0.717, 1.165) is 30.3 Å². The summed E-state index contributed by atoms with van der Waals surface area (Å²) in [5.41, 5.74) is 1.65. The van der Waals surface area contributed by atoms with Gasteiger partial charge >= 0.3 is 0 Å². The van der Waals surface area contributed by atoms with E-state index in [-0.39, 0.29) is 6.79 Å². The number of methoxy groups -OCH3 is 1. The predicted molar refractivity (Wildman–Crippen MR) is 77.4 cm³/mol. The molecule has 110 valence electrons. The van der Waals surface area contributed by atoms with Crippen LogP contribution in [0.1, 0.15) is 38.2 Å². The molecule has 1 aliphatic heterocycles. The molecule has 0 amide bonds. The summed E-state index contributed by atoms with van der Waals surface area (Å²) in [5, 5.41) is 3.57. The summed E-state index contributed by atoms with van der Waals surface area (Å²) in [5.74, 6) is 2.26. The molecule has 0 unspecified atom stereocenters. The van der Waals surface area contributed by atoms with Gasteiger partial charge in [-0.1, -0.05) is 19.8 Å². The van der Waals surface area contributed by atoms with E-state index in [1.165, 1.54) is 31.2 Å². The molecular weight excluding hydrogens is 254 g/mol. The molecule has 0 aromatic heterocycles. The Hall–Kier alpha value is -1.42. The molecule has 3 rings (SSSR count). The van der Waals surface area contributed by atoms with E-state index in [1.54, 1.807) is 7.11 Å². The van der Waals surface area contributed by atoms with Crippen LogP contribution in [0.2, 0.25) is 0 Å². The fraction of sp³-hybridized carbons (Fsp3) is 0.625. The van der Waals surface area contributed by atoms with E-state index in [1.807, 2.05) is 12.1 Å². The van der Waals surface area contributed by atoms with E-state index in [4.69, 9.17) is 14.2 Å². The van der Waals surface area contributed by atoms with Gasteiger partial charge in [0.15, 0.2) is 11.5 Å².